The molecule has 2 aromatic heterocycles. The van der Waals surface area contributed by atoms with Gasteiger partial charge in [0.15, 0.2) is 22.5 Å². The molecule has 0 unspecified atom stereocenters. The summed E-state index contributed by atoms with van der Waals surface area (Å²) in [5, 5.41) is 19.3. The first kappa shape index (κ1) is 20.7. The quantitative estimate of drug-likeness (QED) is 0.249. The van der Waals surface area contributed by atoms with E-state index in [0.29, 0.717) is 28.9 Å². The van der Waals surface area contributed by atoms with E-state index in [4.69, 9.17) is 9.15 Å². The molecule has 0 spiro atoms. The largest absolute Gasteiger partial charge is 0.508 e. The predicted molar refractivity (Wildman–Crippen MR) is 115 cm³/mol. The van der Waals surface area contributed by atoms with E-state index in [1.807, 2.05) is 4.57 Å². The van der Waals surface area contributed by atoms with Gasteiger partial charge in [0, 0.05) is 29.8 Å². The molecular weight excluding hydrogens is 421 g/mol. The van der Waals surface area contributed by atoms with Gasteiger partial charge in [-0.2, -0.15) is 0 Å². The maximum Gasteiger partial charge on any atom is 0.336 e. The SMILES string of the molecule is C=CCn1c(COc2ccccc2F)nnc1SCc1cc(=O)oc2cc(O)ccc12. The summed E-state index contributed by atoms with van der Waals surface area (Å²) in [5.41, 5.74) is 0.559. The van der Waals surface area contributed by atoms with E-state index in [1.165, 1.54) is 36.0 Å². The number of thioether (sulfide) groups is 1. The second-order valence-corrected chi connectivity index (χ2v) is 7.52. The van der Waals surface area contributed by atoms with Crippen LogP contribution in [0.25, 0.3) is 11.0 Å². The zero-order valence-corrected chi connectivity index (χ0v) is 17.1. The van der Waals surface area contributed by atoms with Gasteiger partial charge in [0.05, 0.1) is 0 Å². The first-order chi connectivity index (χ1) is 15.0. The minimum absolute atomic E-state index is 0.0191. The number of hydrogen-bond donors (Lipinski definition) is 1. The van der Waals surface area contributed by atoms with Crippen LogP contribution in [0.3, 0.4) is 0 Å². The lowest BCUT2D eigenvalue weighted by atomic mass is 10.1. The third kappa shape index (κ3) is 4.61. The Labute approximate surface area is 180 Å². The molecular formula is C22H18FN3O4S. The van der Waals surface area contributed by atoms with Crippen molar-refractivity contribution in [2.45, 2.75) is 24.1 Å². The number of allylic oxidation sites excluding steroid dienone is 1. The number of hydrogen-bond acceptors (Lipinski definition) is 7. The van der Waals surface area contributed by atoms with E-state index in [0.717, 1.165) is 10.9 Å². The second kappa shape index (κ2) is 9.05. The number of nitrogens with zero attached hydrogens (tertiary/aromatic N) is 3. The van der Waals surface area contributed by atoms with Crippen LogP contribution in [0.1, 0.15) is 11.4 Å². The Balaban J connectivity index is 1.55. The highest BCUT2D eigenvalue weighted by atomic mass is 32.2. The Morgan fingerprint density at radius 2 is 2.06 bits per heavy atom. The van der Waals surface area contributed by atoms with Crippen LogP contribution in [-0.2, 0) is 18.9 Å². The topological polar surface area (TPSA) is 90.4 Å². The molecule has 1 N–H and O–H groups in total. The molecule has 9 heteroatoms. The Hall–Kier alpha value is -3.59. The summed E-state index contributed by atoms with van der Waals surface area (Å²) in [6.45, 7) is 4.25. The van der Waals surface area contributed by atoms with E-state index in [-0.39, 0.29) is 18.1 Å². The molecule has 0 aliphatic carbocycles. The maximum absolute atomic E-state index is 13.8. The zero-order valence-electron chi connectivity index (χ0n) is 16.3. The minimum atomic E-state index is -0.500. The third-order valence-electron chi connectivity index (χ3n) is 4.47. The van der Waals surface area contributed by atoms with Crippen LogP contribution in [-0.4, -0.2) is 19.9 Å². The molecule has 4 rings (SSSR count). The first-order valence-corrected chi connectivity index (χ1v) is 10.3. The monoisotopic (exact) mass is 439 g/mol. The van der Waals surface area contributed by atoms with Crippen molar-refractivity contribution in [2.24, 2.45) is 0 Å². The molecule has 2 aromatic carbocycles. The van der Waals surface area contributed by atoms with Crippen LogP contribution < -0.4 is 10.4 Å². The van der Waals surface area contributed by atoms with Crippen molar-refractivity contribution in [3.05, 3.63) is 88.8 Å². The molecule has 0 saturated carbocycles. The van der Waals surface area contributed by atoms with Gasteiger partial charge in [0.1, 0.15) is 17.9 Å². The number of aromatic nitrogens is 3. The summed E-state index contributed by atoms with van der Waals surface area (Å²) in [6.07, 6.45) is 1.70. The molecule has 7 nitrogen and oxygen atoms in total. The van der Waals surface area contributed by atoms with Crippen LogP contribution in [0.5, 0.6) is 11.5 Å². The average Bonchev–Trinajstić information content (AvgIpc) is 3.13. The molecule has 0 aliphatic rings. The van der Waals surface area contributed by atoms with Gasteiger partial charge >= 0.3 is 5.63 Å². The number of para-hydroxylation sites is 1. The fraction of sp³-hybridized carbons (Fsp3) is 0.136. The Kier molecular flexibility index (Phi) is 6.03. The number of halogens is 1. The highest BCUT2D eigenvalue weighted by Crippen LogP contribution is 2.28. The van der Waals surface area contributed by atoms with Crippen molar-refractivity contribution in [3.63, 3.8) is 0 Å². The van der Waals surface area contributed by atoms with Crippen LogP contribution in [0, 0.1) is 5.82 Å². The number of phenolic OH excluding ortho intramolecular Hbond substituents is 1. The van der Waals surface area contributed by atoms with Crippen molar-refractivity contribution < 1.29 is 18.7 Å². The van der Waals surface area contributed by atoms with Crippen LogP contribution in [0.4, 0.5) is 4.39 Å². The number of aromatic hydroxyl groups is 1. The molecule has 0 fully saturated rings. The molecule has 0 atom stereocenters. The van der Waals surface area contributed by atoms with Crippen LogP contribution in [0.2, 0.25) is 0 Å². The average molecular weight is 439 g/mol. The number of ether oxygens (including phenoxy) is 1. The van der Waals surface area contributed by atoms with Gasteiger partial charge in [-0.15, -0.1) is 16.8 Å². The predicted octanol–water partition coefficient (Wildman–Crippen LogP) is 4.29. The summed E-state index contributed by atoms with van der Waals surface area (Å²) >= 11 is 1.38. The summed E-state index contributed by atoms with van der Waals surface area (Å²) in [4.78, 5) is 11.9. The Morgan fingerprint density at radius 3 is 2.87 bits per heavy atom. The van der Waals surface area contributed by atoms with E-state index >= 15 is 0 Å². The number of fused-ring (bicyclic) bond motifs is 1. The fourth-order valence-electron chi connectivity index (χ4n) is 3.03. The third-order valence-corrected chi connectivity index (χ3v) is 5.48. The summed E-state index contributed by atoms with van der Waals surface area (Å²) in [7, 11) is 0. The molecule has 4 aromatic rings. The number of phenols is 1. The number of benzene rings is 2. The highest BCUT2D eigenvalue weighted by molar-refractivity contribution is 7.98. The van der Waals surface area contributed by atoms with Gasteiger partial charge in [-0.3, -0.25) is 4.57 Å². The lowest BCUT2D eigenvalue weighted by Crippen LogP contribution is -2.08. The molecule has 2 heterocycles. The van der Waals surface area contributed by atoms with Gasteiger partial charge in [0.2, 0.25) is 0 Å². The molecule has 0 bridgehead atoms. The van der Waals surface area contributed by atoms with Crippen molar-refractivity contribution in [1.82, 2.24) is 14.8 Å². The molecule has 0 saturated heterocycles. The Morgan fingerprint density at radius 1 is 1.23 bits per heavy atom. The molecule has 0 amide bonds. The first-order valence-electron chi connectivity index (χ1n) is 9.34. The Bertz CT molecular complexity index is 1300. The second-order valence-electron chi connectivity index (χ2n) is 6.58. The van der Waals surface area contributed by atoms with Gasteiger partial charge in [-0.25, -0.2) is 9.18 Å². The van der Waals surface area contributed by atoms with Gasteiger partial charge in [0.25, 0.3) is 0 Å². The summed E-state index contributed by atoms with van der Waals surface area (Å²) < 4.78 is 26.3. The van der Waals surface area contributed by atoms with Crippen molar-refractivity contribution in [1.29, 1.82) is 0 Å². The molecule has 158 valence electrons. The van der Waals surface area contributed by atoms with E-state index < -0.39 is 11.4 Å². The molecule has 0 aliphatic heterocycles. The normalized spacial score (nSPS) is 11.0. The van der Waals surface area contributed by atoms with Gasteiger partial charge in [-0.05, 0) is 29.8 Å². The fourth-order valence-corrected chi connectivity index (χ4v) is 3.99. The van der Waals surface area contributed by atoms with E-state index in [2.05, 4.69) is 16.8 Å². The standard InChI is InChI=1S/C22H18FN3O4S/c1-2-9-26-20(12-29-18-6-4-3-5-17(18)23)24-25-22(26)31-13-14-10-21(28)30-19-11-15(27)7-8-16(14)19/h2-8,10-11,27H,1,9,12-13H2. The lowest BCUT2D eigenvalue weighted by Gasteiger charge is -2.10. The molecule has 0 radical (unpaired) electrons. The maximum atomic E-state index is 13.8. The van der Waals surface area contributed by atoms with Crippen molar-refractivity contribution in [2.75, 3.05) is 0 Å². The lowest BCUT2D eigenvalue weighted by molar-refractivity contribution is 0.275. The minimum Gasteiger partial charge on any atom is -0.508 e. The summed E-state index contributed by atoms with van der Waals surface area (Å²) in [5.74, 6) is 0.651. The molecule has 31 heavy (non-hydrogen) atoms. The summed E-state index contributed by atoms with van der Waals surface area (Å²) in [6, 6.07) is 12.2. The van der Waals surface area contributed by atoms with Crippen molar-refractivity contribution in [3.8, 4) is 11.5 Å². The van der Waals surface area contributed by atoms with Crippen LogP contribution in [0.15, 0.2) is 75.6 Å². The smallest absolute Gasteiger partial charge is 0.336 e. The van der Waals surface area contributed by atoms with Crippen LogP contribution >= 0.6 is 11.8 Å². The van der Waals surface area contributed by atoms with E-state index in [1.54, 1.807) is 30.3 Å². The van der Waals surface area contributed by atoms with Gasteiger partial charge < -0.3 is 14.3 Å². The highest BCUT2D eigenvalue weighted by Gasteiger charge is 2.15. The van der Waals surface area contributed by atoms with E-state index in [9.17, 15) is 14.3 Å². The van der Waals surface area contributed by atoms with Gasteiger partial charge in [-0.1, -0.05) is 30.0 Å². The van der Waals surface area contributed by atoms with Crippen molar-refractivity contribution >= 4 is 22.7 Å². The zero-order chi connectivity index (χ0) is 21.8. The number of rotatable bonds is 8.